The third-order valence-corrected chi connectivity index (χ3v) is 3.10. The second kappa shape index (κ2) is 4.13. The van der Waals surface area contributed by atoms with Crippen molar-refractivity contribution >= 4 is 11.8 Å². The van der Waals surface area contributed by atoms with Crippen LogP contribution in [0.15, 0.2) is 28.3 Å². The summed E-state index contributed by atoms with van der Waals surface area (Å²) in [6.45, 7) is 0. The SMILES string of the molecule is CSc1nnc(-c2ccn(C)c(=O)c2)n1C. The van der Waals surface area contributed by atoms with Gasteiger partial charge in [0.25, 0.3) is 5.56 Å². The first-order valence-corrected chi connectivity index (χ1v) is 5.96. The molecule has 2 rings (SSSR count). The van der Waals surface area contributed by atoms with Gasteiger partial charge in [0, 0.05) is 31.9 Å². The Bertz CT molecular complexity index is 572. The highest BCUT2D eigenvalue weighted by atomic mass is 32.2. The Morgan fingerprint density at radius 3 is 2.62 bits per heavy atom. The minimum Gasteiger partial charge on any atom is -0.319 e. The summed E-state index contributed by atoms with van der Waals surface area (Å²) in [4.78, 5) is 11.5. The summed E-state index contributed by atoms with van der Waals surface area (Å²) in [6.07, 6.45) is 3.67. The van der Waals surface area contributed by atoms with E-state index in [-0.39, 0.29) is 5.56 Å². The Hall–Kier alpha value is -1.56. The van der Waals surface area contributed by atoms with Gasteiger partial charge in [0.2, 0.25) is 0 Å². The van der Waals surface area contributed by atoms with Gasteiger partial charge < -0.3 is 9.13 Å². The zero-order valence-electron chi connectivity index (χ0n) is 9.34. The highest BCUT2D eigenvalue weighted by Gasteiger charge is 2.10. The monoisotopic (exact) mass is 236 g/mol. The third-order valence-electron chi connectivity index (χ3n) is 2.38. The Morgan fingerprint density at radius 1 is 1.31 bits per heavy atom. The molecule has 0 aliphatic rings. The summed E-state index contributed by atoms with van der Waals surface area (Å²) in [5, 5.41) is 8.93. The second-order valence-corrected chi connectivity index (χ2v) is 4.21. The number of hydrogen-bond acceptors (Lipinski definition) is 4. The molecule has 0 spiro atoms. The van der Waals surface area contributed by atoms with E-state index < -0.39 is 0 Å². The maximum atomic E-state index is 11.5. The predicted molar refractivity (Wildman–Crippen MR) is 63.5 cm³/mol. The summed E-state index contributed by atoms with van der Waals surface area (Å²) >= 11 is 1.52. The Balaban J connectivity index is 2.54. The van der Waals surface area contributed by atoms with E-state index in [1.54, 1.807) is 19.3 Å². The van der Waals surface area contributed by atoms with Crippen LogP contribution < -0.4 is 5.56 Å². The molecule has 16 heavy (non-hydrogen) atoms. The second-order valence-electron chi connectivity index (χ2n) is 3.43. The van der Waals surface area contributed by atoms with Gasteiger partial charge in [-0.1, -0.05) is 11.8 Å². The summed E-state index contributed by atoms with van der Waals surface area (Å²) in [5.41, 5.74) is 0.740. The first-order valence-electron chi connectivity index (χ1n) is 4.74. The molecule has 0 amide bonds. The van der Waals surface area contributed by atoms with Crippen LogP contribution in [-0.2, 0) is 14.1 Å². The van der Waals surface area contributed by atoms with Gasteiger partial charge in [0.1, 0.15) is 0 Å². The Kier molecular flexibility index (Phi) is 2.82. The largest absolute Gasteiger partial charge is 0.319 e. The Morgan fingerprint density at radius 2 is 2.06 bits per heavy atom. The number of rotatable bonds is 2. The van der Waals surface area contributed by atoms with Crippen molar-refractivity contribution in [1.29, 1.82) is 0 Å². The number of aryl methyl sites for hydroxylation is 1. The third kappa shape index (κ3) is 1.76. The molecule has 0 radical (unpaired) electrons. The van der Waals surface area contributed by atoms with Crippen LogP contribution in [-0.4, -0.2) is 25.6 Å². The quantitative estimate of drug-likeness (QED) is 0.727. The van der Waals surface area contributed by atoms with E-state index >= 15 is 0 Å². The first kappa shape index (κ1) is 10.9. The predicted octanol–water partition coefficient (Wildman–Crippen LogP) is 0.903. The number of nitrogens with zero attached hydrogens (tertiary/aromatic N) is 4. The van der Waals surface area contributed by atoms with E-state index in [0.29, 0.717) is 5.82 Å². The molecule has 0 saturated carbocycles. The van der Waals surface area contributed by atoms with Crippen molar-refractivity contribution in [3.63, 3.8) is 0 Å². The van der Waals surface area contributed by atoms with Gasteiger partial charge in [-0.25, -0.2) is 0 Å². The van der Waals surface area contributed by atoms with Crippen LogP contribution in [0.25, 0.3) is 11.4 Å². The fourth-order valence-corrected chi connectivity index (χ4v) is 1.91. The van der Waals surface area contributed by atoms with Crippen molar-refractivity contribution in [3.05, 3.63) is 28.7 Å². The van der Waals surface area contributed by atoms with E-state index in [0.717, 1.165) is 10.7 Å². The molecule has 0 atom stereocenters. The summed E-state index contributed by atoms with van der Waals surface area (Å²) in [6, 6.07) is 3.42. The molecule has 2 aromatic heterocycles. The smallest absolute Gasteiger partial charge is 0.250 e. The minimum atomic E-state index is -0.0498. The molecule has 6 heteroatoms. The number of pyridine rings is 1. The van der Waals surface area contributed by atoms with Gasteiger partial charge in [0.15, 0.2) is 11.0 Å². The van der Waals surface area contributed by atoms with Crippen LogP contribution in [0.1, 0.15) is 0 Å². The minimum absolute atomic E-state index is 0.0498. The average molecular weight is 236 g/mol. The highest BCUT2D eigenvalue weighted by molar-refractivity contribution is 7.98. The fraction of sp³-hybridized carbons (Fsp3) is 0.300. The summed E-state index contributed by atoms with van der Waals surface area (Å²) in [7, 11) is 3.61. The van der Waals surface area contributed by atoms with Crippen molar-refractivity contribution in [2.75, 3.05) is 6.26 Å². The van der Waals surface area contributed by atoms with Crippen LogP contribution >= 0.6 is 11.8 Å². The van der Waals surface area contributed by atoms with Crippen LogP contribution in [0, 0.1) is 0 Å². The Labute approximate surface area is 97.1 Å². The molecule has 0 aliphatic heterocycles. The van der Waals surface area contributed by atoms with Crippen molar-refractivity contribution in [1.82, 2.24) is 19.3 Å². The summed E-state index contributed by atoms with van der Waals surface area (Å²) in [5.74, 6) is 0.710. The lowest BCUT2D eigenvalue weighted by Crippen LogP contribution is -2.14. The first-order chi connectivity index (χ1) is 7.63. The van der Waals surface area contributed by atoms with E-state index in [2.05, 4.69) is 10.2 Å². The standard InChI is InChI=1S/C10H12N4OS/c1-13-5-4-7(6-8(13)15)9-11-12-10(16-3)14(9)2/h4-6H,1-3H3. The van der Waals surface area contributed by atoms with Crippen molar-refractivity contribution < 1.29 is 0 Å². The topological polar surface area (TPSA) is 52.7 Å². The van der Waals surface area contributed by atoms with E-state index in [4.69, 9.17) is 0 Å². The van der Waals surface area contributed by atoms with Crippen LogP contribution in [0.5, 0.6) is 0 Å². The maximum Gasteiger partial charge on any atom is 0.250 e. The molecular weight excluding hydrogens is 224 g/mol. The normalized spacial score (nSPS) is 10.7. The van der Waals surface area contributed by atoms with Crippen molar-refractivity contribution in [2.45, 2.75) is 5.16 Å². The molecule has 0 saturated heterocycles. The number of aromatic nitrogens is 4. The van der Waals surface area contributed by atoms with Gasteiger partial charge in [-0.2, -0.15) is 0 Å². The zero-order valence-corrected chi connectivity index (χ0v) is 10.2. The van der Waals surface area contributed by atoms with Crippen LogP contribution in [0.3, 0.4) is 0 Å². The fourth-order valence-electron chi connectivity index (χ4n) is 1.43. The molecule has 2 aromatic rings. The highest BCUT2D eigenvalue weighted by Crippen LogP contribution is 2.19. The molecule has 0 aliphatic carbocycles. The maximum absolute atomic E-state index is 11.5. The molecule has 0 fully saturated rings. The van der Waals surface area contributed by atoms with E-state index in [1.165, 1.54) is 16.3 Å². The molecule has 0 N–H and O–H groups in total. The molecular formula is C10H12N4OS. The average Bonchev–Trinajstić information content (AvgIpc) is 2.64. The van der Waals surface area contributed by atoms with Gasteiger partial charge in [-0.05, 0) is 12.3 Å². The van der Waals surface area contributed by atoms with E-state index in [9.17, 15) is 4.79 Å². The lowest BCUT2D eigenvalue weighted by Gasteiger charge is -2.02. The van der Waals surface area contributed by atoms with Crippen LogP contribution in [0.2, 0.25) is 0 Å². The molecule has 0 aromatic carbocycles. The zero-order chi connectivity index (χ0) is 11.7. The molecule has 0 unspecified atom stereocenters. The number of thioether (sulfide) groups is 1. The lowest BCUT2D eigenvalue weighted by atomic mass is 10.2. The van der Waals surface area contributed by atoms with Gasteiger partial charge in [0.05, 0.1) is 0 Å². The van der Waals surface area contributed by atoms with Gasteiger partial charge in [-0.3, -0.25) is 4.79 Å². The molecule has 0 bridgehead atoms. The summed E-state index contributed by atoms with van der Waals surface area (Å²) < 4.78 is 3.40. The van der Waals surface area contributed by atoms with Gasteiger partial charge >= 0.3 is 0 Å². The van der Waals surface area contributed by atoms with E-state index in [1.807, 2.05) is 23.9 Å². The van der Waals surface area contributed by atoms with Crippen molar-refractivity contribution in [2.24, 2.45) is 14.1 Å². The molecule has 2 heterocycles. The van der Waals surface area contributed by atoms with Gasteiger partial charge in [-0.15, -0.1) is 10.2 Å². The van der Waals surface area contributed by atoms with Crippen LogP contribution in [0.4, 0.5) is 0 Å². The van der Waals surface area contributed by atoms with Crippen molar-refractivity contribution in [3.8, 4) is 11.4 Å². The molecule has 5 nitrogen and oxygen atoms in total. The molecule has 84 valence electrons. The lowest BCUT2D eigenvalue weighted by molar-refractivity contribution is 0.794. The number of hydrogen-bond donors (Lipinski definition) is 0.